The van der Waals surface area contributed by atoms with E-state index in [1.807, 2.05) is 0 Å². The highest BCUT2D eigenvalue weighted by atomic mass is 35.5. The van der Waals surface area contributed by atoms with E-state index < -0.39 is 6.10 Å². The Labute approximate surface area is 126 Å². The molecule has 0 aromatic heterocycles. The zero-order valence-electron chi connectivity index (χ0n) is 10.4. The first kappa shape index (κ1) is 13.4. The van der Waals surface area contributed by atoms with Crippen LogP contribution < -0.4 is 5.32 Å². The molecule has 0 saturated carbocycles. The summed E-state index contributed by atoms with van der Waals surface area (Å²) in [6, 6.07) is 10.4. The number of nitrogens with one attached hydrogen (secondary N) is 1. The van der Waals surface area contributed by atoms with E-state index >= 15 is 0 Å². The fourth-order valence-corrected chi connectivity index (χ4v) is 2.74. The monoisotopic (exact) mass is 307 g/mol. The molecule has 3 rings (SSSR count). The minimum Gasteiger partial charge on any atom is -0.384 e. The quantitative estimate of drug-likeness (QED) is 0.891. The van der Waals surface area contributed by atoms with Crippen LogP contribution in [0.5, 0.6) is 0 Å². The largest absolute Gasteiger partial charge is 0.384 e. The van der Waals surface area contributed by atoms with Gasteiger partial charge in [-0.1, -0.05) is 41.4 Å². The molecule has 0 aliphatic carbocycles. The highest BCUT2D eigenvalue weighted by Gasteiger charge is 2.23. The maximum atomic E-state index is 11.4. The Bertz CT molecular complexity index is 683. The molecule has 1 heterocycles. The van der Waals surface area contributed by atoms with Crippen LogP contribution >= 0.6 is 23.2 Å². The average Bonchev–Trinajstić information content (AvgIpc) is 2.80. The zero-order chi connectivity index (χ0) is 14.3. The Hall–Kier alpha value is -1.55. The second kappa shape index (κ2) is 5.09. The van der Waals surface area contributed by atoms with Crippen LogP contribution in [0.3, 0.4) is 0 Å². The highest BCUT2D eigenvalue weighted by molar-refractivity contribution is 6.34. The zero-order valence-corrected chi connectivity index (χ0v) is 11.9. The third-order valence-electron chi connectivity index (χ3n) is 3.31. The number of carbonyl (C=O) groups is 1. The van der Waals surface area contributed by atoms with E-state index in [1.165, 1.54) is 0 Å². The molecule has 3 nitrogen and oxygen atoms in total. The number of fused-ring (bicyclic) bond motifs is 1. The Morgan fingerprint density at radius 2 is 1.80 bits per heavy atom. The molecule has 1 unspecified atom stereocenters. The van der Waals surface area contributed by atoms with Crippen molar-refractivity contribution in [3.05, 3.63) is 63.1 Å². The molecule has 0 bridgehead atoms. The van der Waals surface area contributed by atoms with Gasteiger partial charge in [-0.15, -0.1) is 0 Å². The second-order valence-corrected chi connectivity index (χ2v) is 5.56. The molecule has 5 heteroatoms. The molecule has 1 aliphatic heterocycles. The molecular formula is C15H11Cl2NO2. The van der Waals surface area contributed by atoms with E-state index in [2.05, 4.69) is 5.32 Å². The minimum atomic E-state index is -0.800. The predicted molar refractivity (Wildman–Crippen MR) is 79.3 cm³/mol. The summed E-state index contributed by atoms with van der Waals surface area (Å²) in [6.07, 6.45) is -0.512. The van der Waals surface area contributed by atoms with Gasteiger partial charge in [0.05, 0.1) is 17.1 Å². The highest BCUT2D eigenvalue weighted by Crippen LogP contribution is 2.35. The molecule has 1 atom stereocenters. The van der Waals surface area contributed by atoms with Gasteiger partial charge in [-0.2, -0.15) is 0 Å². The number of carbonyl (C=O) groups excluding carboxylic acids is 1. The van der Waals surface area contributed by atoms with E-state index in [9.17, 15) is 9.90 Å². The van der Waals surface area contributed by atoms with Crippen LogP contribution in [0.25, 0.3) is 0 Å². The Kier molecular flexibility index (Phi) is 3.42. The van der Waals surface area contributed by atoms with Crippen molar-refractivity contribution in [1.29, 1.82) is 0 Å². The molecule has 0 saturated heterocycles. The number of anilines is 1. The van der Waals surface area contributed by atoms with Crippen LogP contribution in [-0.4, -0.2) is 11.0 Å². The smallest absolute Gasteiger partial charge is 0.228 e. The lowest BCUT2D eigenvalue weighted by Gasteiger charge is -2.14. The van der Waals surface area contributed by atoms with Gasteiger partial charge in [0.1, 0.15) is 6.10 Å². The first-order valence-corrected chi connectivity index (χ1v) is 6.86. The lowest BCUT2D eigenvalue weighted by atomic mass is 9.99. The van der Waals surface area contributed by atoms with Gasteiger partial charge in [0.15, 0.2) is 0 Å². The van der Waals surface area contributed by atoms with Gasteiger partial charge in [0.2, 0.25) is 5.91 Å². The number of hydrogen-bond acceptors (Lipinski definition) is 2. The fourth-order valence-electron chi connectivity index (χ4n) is 2.32. The first-order valence-electron chi connectivity index (χ1n) is 6.10. The Balaban J connectivity index is 1.99. The van der Waals surface area contributed by atoms with Crippen molar-refractivity contribution in [3.8, 4) is 0 Å². The summed E-state index contributed by atoms with van der Waals surface area (Å²) < 4.78 is 0. The van der Waals surface area contributed by atoms with Gasteiger partial charge in [-0.25, -0.2) is 0 Å². The van der Waals surface area contributed by atoms with Crippen molar-refractivity contribution in [2.24, 2.45) is 0 Å². The molecule has 102 valence electrons. The summed E-state index contributed by atoms with van der Waals surface area (Å²) in [5.74, 6) is -0.0833. The number of halogens is 2. The third kappa shape index (κ3) is 2.40. The molecule has 0 radical (unpaired) electrons. The molecule has 0 fully saturated rings. The van der Waals surface area contributed by atoms with Crippen molar-refractivity contribution < 1.29 is 9.90 Å². The average molecular weight is 308 g/mol. The predicted octanol–water partition coefficient (Wildman–Crippen LogP) is 3.57. The lowest BCUT2D eigenvalue weighted by molar-refractivity contribution is -0.115. The molecule has 1 amide bonds. The summed E-state index contributed by atoms with van der Waals surface area (Å²) >= 11 is 12.0. The number of amides is 1. The SMILES string of the molecule is O=C1Cc2cc(C(O)c3ccc(Cl)cc3)cc(Cl)c2N1. The van der Waals surface area contributed by atoms with Crippen LogP contribution in [0.1, 0.15) is 22.8 Å². The Morgan fingerprint density at radius 1 is 1.10 bits per heavy atom. The van der Waals surface area contributed by atoms with Gasteiger partial charge < -0.3 is 10.4 Å². The fraction of sp³-hybridized carbons (Fsp3) is 0.133. The van der Waals surface area contributed by atoms with Crippen molar-refractivity contribution in [1.82, 2.24) is 0 Å². The van der Waals surface area contributed by atoms with Gasteiger partial charge >= 0.3 is 0 Å². The Morgan fingerprint density at radius 3 is 2.50 bits per heavy atom. The number of rotatable bonds is 2. The molecule has 0 spiro atoms. The molecule has 20 heavy (non-hydrogen) atoms. The van der Waals surface area contributed by atoms with Crippen molar-refractivity contribution in [2.45, 2.75) is 12.5 Å². The lowest BCUT2D eigenvalue weighted by Crippen LogP contribution is -2.03. The van der Waals surface area contributed by atoms with Gasteiger partial charge in [0, 0.05) is 5.02 Å². The molecule has 2 aromatic carbocycles. The van der Waals surface area contributed by atoms with E-state index in [-0.39, 0.29) is 12.3 Å². The van der Waals surface area contributed by atoms with Crippen LogP contribution in [-0.2, 0) is 11.2 Å². The number of aliphatic hydroxyl groups excluding tert-OH is 1. The molecular weight excluding hydrogens is 297 g/mol. The minimum absolute atomic E-state index is 0.0833. The van der Waals surface area contributed by atoms with Gasteiger partial charge in [-0.3, -0.25) is 4.79 Å². The molecule has 1 aliphatic rings. The number of hydrogen-bond donors (Lipinski definition) is 2. The van der Waals surface area contributed by atoms with E-state index in [0.717, 1.165) is 11.1 Å². The maximum Gasteiger partial charge on any atom is 0.228 e. The summed E-state index contributed by atoms with van der Waals surface area (Å²) in [5, 5.41) is 14.2. The van der Waals surface area contributed by atoms with Gasteiger partial charge in [-0.05, 0) is 34.9 Å². The summed E-state index contributed by atoms with van der Waals surface area (Å²) in [7, 11) is 0. The topological polar surface area (TPSA) is 49.3 Å². The first-order chi connectivity index (χ1) is 9.54. The van der Waals surface area contributed by atoms with Crippen LogP contribution in [0.15, 0.2) is 36.4 Å². The van der Waals surface area contributed by atoms with Crippen LogP contribution in [0.2, 0.25) is 10.0 Å². The van der Waals surface area contributed by atoms with Gasteiger partial charge in [0.25, 0.3) is 0 Å². The van der Waals surface area contributed by atoms with E-state index in [4.69, 9.17) is 23.2 Å². The van der Waals surface area contributed by atoms with Crippen LogP contribution in [0, 0.1) is 0 Å². The standard InChI is InChI=1S/C15H11Cl2NO2/c16-11-3-1-8(2-4-11)15(20)10-5-9-7-13(19)18-14(9)12(17)6-10/h1-6,15,20H,7H2,(H,18,19). The van der Waals surface area contributed by atoms with E-state index in [1.54, 1.807) is 36.4 Å². The third-order valence-corrected chi connectivity index (χ3v) is 3.86. The van der Waals surface area contributed by atoms with Crippen molar-refractivity contribution in [2.75, 3.05) is 5.32 Å². The number of aliphatic hydroxyl groups is 1. The van der Waals surface area contributed by atoms with Crippen molar-refractivity contribution >= 4 is 34.8 Å². The van der Waals surface area contributed by atoms with Crippen molar-refractivity contribution in [3.63, 3.8) is 0 Å². The van der Waals surface area contributed by atoms with E-state index in [0.29, 0.717) is 21.3 Å². The van der Waals surface area contributed by atoms with Crippen LogP contribution in [0.4, 0.5) is 5.69 Å². The normalized spacial score (nSPS) is 14.8. The summed E-state index contributed by atoms with van der Waals surface area (Å²) in [4.78, 5) is 11.4. The summed E-state index contributed by atoms with van der Waals surface area (Å²) in [6.45, 7) is 0. The second-order valence-electron chi connectivity index (χ2n) is 4.72. The molecule has 2 aromatic rings. The number of benzene rings is 2. The molecule has 2 N–H and O–H groups in total. The maximum absolute atomic E-state index is 11.4. The summed E-state index contributed by atoms with van der Waals surface area (Å²) in [5.41, 5.74) is 2.84.